The highest BCUT2D eigenvalue weighted by atomic mass is 35.5. The molecule has 0 saturated carbocycles. The van der Waals surface area contributed by atoms with E-state index >= 15 is 0 Å². The third-order valence-corrected chi connectivity index (χ3v) is 4.55. The van der Waals surface area contributed by atoms with Crippen molar-refractivity contribution in [1.29, 1.82) is 0 Å². The van der Waals surface area contributed by atoms with Crippen molar-refractivity contribution in [1.82, 2.24) is 4.90 Å². The molecule has 1 aromatic carbocycles. The summed E-state index contributed by atoms with van der Waals surface area (Å²) in [5.41, 5.74) is 7.65. The first-order valence-corrected chi connectivity index (χ1v) is 7.26. The van der Waals surface area contributed by atoms with Gasteiger partial charge in [-0.3, -0.25) is 14.5 Å². The molecular formula is C14H11ClN2O2S. The molecule has 3 rings (SSSR count). The Morgan fingerprint density at radius 2 is 2.05 bits per heavy atom. The number of hydrogen-bond acceptors (Lipinski definition) is 4. The molecule has 2 N–H and O–H groups in total. The van der Waals surface area contributed by atoms with Gasteiger partial charge in [-0.15, -0.1) is 11.3 Å². The molecule has 0 aliphatic carbocycles. The molecule has 0 saturated heterocycles. The Balaban J connectivity index is 2.04. The number of nitrogens with zero attached hydrogens (tertiary/aromatic N) is 1. The Hall–Kier alpha value is -1.85. The number of anilines is 1. The minimum atomic E-state index is -0.370. The molecule has 0 fully saturated rings. The summed E-state index contributed by atoms with van der Waals surface area (Å²) in [6.07, 6.45) is 0. The van der Waals surface area contributed by atoms with Crippen LogP contribution in [0.5, 0.6) is 0 Å². The van der Waals surface area contributed by atoms with Gasteiger partial charge in [-0.2, -0.15) is 0 Å². The van der Waals surface area contributed by atoms with Crippen molar-refractivity contribution in [2.75, 3.05) is 5.73 Å². The van der Waals surface area contributed by atoms with Crippen molar-refractivity contribution >= 4 is 40.4 Å². The average molecular weight is 307 g/mol. The van der Waals surface area contributed by atoms with Crippen molar-refractivity contribution < 1.29 is 9.59 Å². The number of rotatable bonds is 2. The summed E-state index contributed by atoms with van der Waals surface area (Å²) in [6.45, 7) is 1.80. The summed E-state index contributed by atoms with van der Waals surface area (Å²) in [6, 6.07) is 6.32. The van der Waals surface area contributed by atoms with Crippen LogP contribution in [0.25, 0.3) is 0 Å². The smallest absolute Gasteiger partial charge is 0.264 e. The Kier molecular flexibility index (Phi) is 3.03. The van der Waals surface area contributed by atoms with E-state index in [-0.39, 0.29) is 17.9 Å². The van der Waals surface area contributed by atoms with E-state index in [1.165, 1.54) is 16.2 Å². The SMILES string of the molecule is CC(c1csc(Cl)c1)N1C(=O)c2cccc(N)c2C1=O. The fraction of sp³-hybridized carbons (Fsp3) is 0.143. The van der Waals surface area contributed by atoms with Gasteiger partial charge in [0, 0.05) is 5.69 Å². The second kappa shape index (κ2) is 4.61. The first-order valence-electron chi connectivity index (χ1n) is 6.01. The number of hydrogen-bond donors (Lipinski definition) is 1. The van der Waals surface area contributed by atoms with Crippen molar-refractivity contribution in [2.24, 2.45) is 0 Å². The molecule has 4 nitrogen and oxygen atoms in total. The number of nitrogen functional groups attached to an aromatic ring is 1. The summed E-state index contributed by atoms with van der Waals surface area (Å²) in [7, 11) is 0. The minimum absolute atomic E-state index is 0.297. The van der Waals surface area contributed by atoms with Crippen LogP contribution in [0, 0.1) is 0 Å². The highest BCUT2D eigenvalue weighted by Gasteiger charge is 2.40. The number of nitrogens with two attached hydrogens (primary N) is 1. The standard InChI is InChI=1S/C14H11ClN2O2S/c1-7(8-5-11(15)20-6-8)17-13(18)9-3-2-4-10(16)12(9)14(17)19/h2-7H,16H2,1H3. The second-order valence-corrected chi connectivity index (χ2v) is 6.15. The van der Waals surface area contributed by atoms with Crippen LogP contribution in [-0.4, -0.2) is 16.7 Å². The lowest BCUT2D eigenvalue weighted by molar-refractivity contribution is 0.0596. The molecule has 1 unspecified atom stereocenters. The number of halogens is 1. The van der Waals surface area contributed by atoms with Crippen LogP contribution in [0.1, 0.15) is 39.2 Å². The van der Waals surface area contributed by atoms with Gasteiger partial charge in [0.25, 0.3) is 11.8 Å². The molecule has 1 aromatic heterocycles. The molecule has 0 spiro atoms. The van der Waals surface area contributed by atoms with Crippen LogP contribution in [0.4, 0.5) is 5.69 Å². The number of thiophene rings is 1. The van der Waals surface area contributed by atoms with E-state index in [2.05, 4.69) is 0 Å². The van der Waals surface area contributed by atoms with Crippen molar-refractivity contribution in [3.63, 3.8) is 0 Å². The lowest BCUT2D eigenvalue weighted by Crippen LogP contribution is -2.32. The summed E-state index contributed by atoms with van der Waals surface area (Å²) in [4.78, 5) is 26.1. The topological polar surface area (TPSA) is 63.4 Å². The fourth-order valence-electron chi connectivity index (χ4n) is 2.37. The normalized spacial score (nSPS) is 15.6. The fourth-order valence-corrected chi connectivity index (χ4v) is 3.35. The van der Waals surface area contributed by atoms with Crippen LogP contribution in [-0.2, 0) is 0 Å². The molecule has 102 valence electrons. The number of carbonyl (C=O) groups excluding carboxylic acids is 2. The quantitative estimate of drug-likeness (QED) is 0.683. The average Bonchev–Trinajstić information content (AvgIpc) is 2.94. The van der Waals surface area contributed by atoms with Crippen molar-refractivity contribution in [3.8, 4) is 0 Å². The zero-order valence-corrected chi connectivity index (χ0v) is 12.2. The summed E-state index contributed by atoms with van der Waals surface area (Å²) in [5.74, 6) is -0.662. The number of carbonyl (C=O) groups is 2. The Bertz CT molecular complexity index is 726. The maximum Gasteiger partial charge on any atom is 0.264 e. The number of imide groups is 1. The van der Waals surface area contributed by atoms with Crippen LogP contribution >= 0.6 is 22.9 Å². The zero-order chi connectivity index (χ0) is 14.4. The third kappa shape index (κ3) is 1.82. The van der Waals surface area contributed by atoms with Gasteiger partial charge >= 0.3 is 0 Å². The van der Waals surface area contributed by atoms with Gasteiger partial charge in [-0.1, -0.05) is 17.7 Å². The molecular weight excluding hydrogens is 296 g/mol. The number of fused-ring (bicyclic) bond motifs is 1. The molecule has 20 heavy (non-hydrogen) atoms. The second-order valence-electron chi connectivity index (χ2n) is 4.61. The van der Waals surface area contributed by atoms with Gasteiger partial charge in [0.1, 0.15) is 0 Å². The Labute approximate surface area is 124 Å². The number of benzene rings is 1. The van der Waals surface area contributed by atoms with E-state index in [0.29, 0.717) is 21.2 Å². The molecule has 6 heteroatoms. The molecule has 2 aromatic rings. The minimum Gasteiger partial charge on any atom is -0.398 e. The lowest BCUT2D eigenvalue weighted by atomic mass is 10.1. The van der Waals surface area contributed by atoms with E-state index in [1.807, 2.05) is 5.38 Å². The summed E-state index contributed by atoms with van der Waals surface area (Å²) in [5, 5.41) is 1.85. The van der Waals surface area contributed by atoms with E-state index in [9.17, 15) is 9.59 Å². The molecule has 1 atom stereocenters. The largest absolute Gasteiger partial charge is 0.398 e. The van der Waals surface area contributed by atoms with Gasteiger partial charge in [0.2, 0.25) is 0 Å². The first kappa shape index (κ1) is 13.1. The van der Waals surface area contributed by atoms with Crippen molar-refractivity contribution in [3.05, 3.63) is 50.7 Å². The van der Waals surface area contributed by atoms with E-state index in [4.69, 9.17) is 17.3 Å². The van der Waals surface area contributed by atoms with Crippen LogP contribution in [0.15, 0.2) is 29.6 Å². The molecule has 0 bridgehead atoms. The molecule has 0 radical (unpaired) electrons. The van der Waals surface area contributed by atoms with Gasteiger partial charge in [-0.25, -0.2) is 0 Å². The predicted molar refractivity (Wildman–Crippen MR) is 79.1 cm³/mol. The highest BCUT2D eigenvalue weighted by Crippen LogP contribution is 2.35. The van der Waals surface area contributed by atoms with Crippen LogP contribution in [0.3, 0.4) is 0 Å². The van der Waals surface area contributed by atoms with Gasteiger partial charge in [0.15, 0.2) is 0 Å². The van der Waals surface area contributed by atoms with E-state index in [1.54, 1.807) is 31.2 Å². The summed E-state index contributed by atoms with van der Waals surface area (Å²) < 4.78 is 0.628. The summed E-state index contributed by atoms with van der Waals surface area (Å²) >= 11 is 7.28. The molecule has 2 amide bonds. The predicted octanol–water partition coefficient (Wildman–Crippen LogP) is 3.34. The maximum atomic E-state index is 12.4. The molecule has 1 aliphatic heterocycles. The molecule has 1 aliphatic rings. The van der Waals surface area contributed by atoms with Gasteiger partial charge in [0.05, 0.1) is 21.5 Å². The van der Waals surface area contributed by atoms with Crippen LogP contribution < -0.4 is 5.73 Å². The zero-order valence-electron chi connectivity index (χ0n) is 10.6. The van der Waals surface area contributed by atoms with Crippen molar-refractivity contribution in [2.45, 2.75) is 13.0 Å². The number of amides is 2. The van der Waals surface area contributed by atoms with Gasteiger partial charge < -0.3 is 5.73 Å². The highest BCUT2D eigenvalue weighted by molar-refractivity contribution is 7.14. The Morgan fingerprint density at radius 1 is 1.30 bits per heavy atom. The van der Waals surface area contributed by atoms with Gasteiger partial charge in [-0.05, 0) is 36.1 Å². The first-order chi connectivity index (χ1) is 9.50. The van der Waals surface area contributed by atoms with Crippen LogP contribution in [0.2, 0.25) is 4.34 Å². The lowest BCUT2D eigenvalue weighted by Gasteiger charge is -2.21. The maximum absolute atomic E-state index is 12.4. The van der Waals surface area contributed by atoms with E-state index < -0.39 is 0 Å². The monoisotopic (exact) mass is 306 g/mol. The third-order valence-electron chi connectivity index (χ3n) is 3.44. The molecule has 2 heterocycles. The Morgan fingerprint density at radius 3 is 2.65 bits per heavy atom. The van der Waals surface area contributed by atoms with E-state index in [0.717, 1.165) is 5.56 Å².